The number of piperazine rings is 2. The number of aryl methyl sites for hydroxylation is 1. The number of carbonyl (C=O) groups is 2. The number of piperidine rings is 1. The summed E-state index contributed by atoms with van der Waals surface area (Å²) in [5.74, 6) is 1.08. The second-order valence-electron chi connectivity index (χ2n) is 15.2. The lowest BCUT2D eigenvalue weighted by molar-refractivity contribution is -0.136. The van der Waals surface area contributed by atoms with Crippen LogP contribution in [0.25, 0.3) is 11.0 Å². The predicted molar refractivity (Wildman–Crippen MR) is 200 cm³/mol. The lowest BCUT2D eigenvalue weighted by Gasteiger charge is -2.40. The van der Waals surface area contributed by atoms with Gasteiger partial charge in [-0.2, -0.15) is 0 Å². The van der Waals surface area contributed by atoms with Gasteiger partial charge in [0.2, 0.25) is 5.91 Å². The second-order valence-corrected chi connectivity index (χ2v) is 15.2. The number of nitrogens with zero attached hydrogens (tertiary/aromatic N) is 7. The minimum Gasteiger partial charge on any atom is -0.368 e. The number of hydrogen-bond donors (Lipinski definition) is 2. The summed E-state index contributed by atoms with van der Waals surface area (Å²) < 4.78 is 0. The fourth-order valence-corrected chi connectivity index (χ4v) is 8.54. The molecule has 1 saturated carbocycles. The third-order valence-corrected chi connectivity index (χ3v) is 11.9. The normalized spacial score (nSPS) is 20.9. The van der Waals surface area contributed by atoms with Gasteiger partial charge >= 0.3 is 0 Å². The number of aromatic nitrogens is 3. The molecule has 3 aromatic rings. The molecule has 3 saturated heterocycles. The molecule has 12 heteroatoms. The first-order valence-electron chi connectivity index (χ1n) is 19.3. The summed E-state index contributed by atoms with van der Waals surface area (Å²) in [6.45, 7) is 12.2. The number of hydrogen-bond acceptors (Lipinski definition) is 9. The fraction of sp³-hybridized carbons (Fsp3) is 0.615. The average Bonchev–Trinajstić information content (AvgIpc) is 3.18. The summed E-state index contributed by atoms with van der Waals surface area (Å²) in [4.78, 5) is 62.1. The van der Waals surface area contributed by atoms with Crippen LogP contribution >= 0.6 is 0 Å². The summed E-state index contributed by atoms with van der Waals surface area (Å²) in [5, 5.41) is 0. The molecular weight excluding hydrogens is 642 g/mol. The molecule has 274 valence electrons. The Morgan fingerprint density at radius 3 is 2.25 bits per heavy atom. The van der Waals surface area contributed by atoms with Crippen LogP contribution < -0.4 is 16.2 Å². The number of fused-ring (bicyclic) bond motifs is 1. The molecule has 0 bridgehead atoms. The number of H-pyrrole nitrogens is 1. The van der Waals surface area contributed by atoms with Crippen LogP contribution in [-0.4, -0.2) is 124 Å². The summed E-state index contributed by atoms with van der Waals surface area (Å²) >= 11 is 0. The number of anilines is 1. The van der Waals surface area contributed by atoms with Crippen LogP contribution in [0.5, 0.6) is 0 Å². The van der Waals surface area contributed by atoms with Crippen molar-refractivity contribution >= 4 is 28.5 Å². The molecule has 4 fully saturated rings. The molecular formula is C39H55N9O3. The third-order valence-electron chi connectivity index (χ3n) is 11.9. The quantitative estimate of drug-likeness (QED) is 0.346. The molecule has 1 atom stereocenters. The highest BCUT2D eigenvalue weighted by molar-refractivity contribution is 5.92. The van der Waals surface area contributed by atoms with E-state index in [0.717, 1.165) is 132 Å². The molecule has 3 aliphatic heterocycles. The van der Waals surface area contributed by atoms with Gasteiger partial charge < -0.3 is 25.4 Å². The van der Waals surface area contributed by atoms with Gasteiger partial charge in [-0.05, 0) is 73.8 Å². The van der Waals surface area contributed by atoms with Gasteiger partial charge in [0.15, 0.2) is 0 Å². The number of rotatable bonds is 9. The fourth-order valence-electron chi connectivity index (χ4n) is 8.54. The van der Waals surface area contributed by atoms with E-state index in [4.69, 9.17) is 5.73 Å². The number of nitrogens with two attached hydrogens (primary N) is 1. The topological polar surface area (TPSA) is 135 Å². The van der Waals surface area contributed by atoms with Crippen molar-refractivity contribution in [2.24, 2.45) is 17.6 Å². The number of aromatic amines is 1. The molecule has 1 aliphatic carbocycles. The molecule has 0 unspecified atom stereocenters. The highest BCUT2D eigenvalue weighted by Gasteiger charge is 2.32. The van der Waals surface area contributed by atoms with E-state index in [0.29, 0.717) is 24.0 Å². The maximum Gasteiger partial charge on any atom is 0.272 e. The summed E-state index contributed by atoms with van der Waals surface area (Å²) in [5.41, 5.74) is 11.4. The SMILES string of the molecule is CCc1cc2ncc(CN3CCN(c4ccc(C(=O)N5CCC(CN6CCN(C(=O)[C@H](N)C7CCCCC7)CC6)CC5)nc4)CC3)cc2[nH]c1=O. The Morgan fingerprint density at radius 1 is 0.843 bits per heavy atom. The monoisotopic (exact) mass is 697 g/mol. The molecule has 12 nitrogen and oxygen atoms in total. The van der Waals surface area contributed by atoms with Crippen LogP contribution in [0.2, 0.25) is 0 Å². The average molecular weight is 698 g/mol. The maximum atomic E-state index is 13.4. The van der Waals surface area contributed by atoms with E-state index < -0.39 is 0 Å². The van der Waals surface area contributed by atoms with Crippen molar-refractivity contribution < 1.29 is 9.59 Å². The molecule has 7 rings (SSSR count). The minimum atomic E-state index is -0.337. The Bertz CT molecular complexity index is 1700. The molecule has 4 aliphatic rings. The Kier molecular flexibility index (Phi) is 11.3. The van der Waals surface area contributed by atoms with Gasteiger partial charge in [0.1, 0.15) is 5.69 Å². The molecule has 51 heavy (non-hydrogen) atoms. The van der Waals surface area contributed by atoms with Gasteiger partial charge in [0.05, 0.1) is 29.0 Å². The van der Waals surface area contributed by atoms with E-state index in [1.165, 1.54) is 19.3 Å². The van der Waals surface area contributed by atoms with Crippen molar-refractivity contribution in [2.75, 3.05) is 76.9 Å². The van der Waals surface area contributed by atoms with Crippen LogP contribution in [0.4, 0.5) is 5.69 Å². The highest BCUT2D eigenvalue weighted by Crippen LogP contribution is 2.27. The number of carbonyl (C=O) groups excluding carboxylic acids is 2. The van der Waals surface area contributed by atoms with E-state index in [9.17, 15) is 14.4 Å². The van der Waals surface area contributed by atoms with Gasteiger partial charge in [-0.3, -0.25) is 29.2 Å². The first-order valence-corrected chi connectivity index (χ1v) is 19.3. The number of pyridine rings is 3. The molecule has 0 spiro atoms. The molecule has 0 radical (unpaired) electrons. The molecule has 0 aromatic carbocycles. The van der Waals surface area contributed by atoms with Gasteiger partial charge in [-0.15, -0.1) is 0 Å². The summed E-state index contributed by atoms with van der Waals surface area (Å²) in [6.07, 6.45) is 12.3. The summed E-state index contributed by atoms with van der Waals surface area (Å²) in [7, 11) is 0. The third kappa shape index (κ3) is 8.45. The Labute approximate surface area is 301 Å². The molecule has 3 N–H and O–H groups in total. The first-order chi connectivity index (χ1) is 24.8. The zero-order valence-corrected chi connectivity index (χ0v) is 30.3. The van der Waals surface area contributed by atoms with Gasteiger partial charge in [0.25, 0.3) is 11.5 Å². The largest absolute Gasteiger partial charge is 0.368 e. The van der Waals surface area contributed by atoms with Crippen molar-refractivity contribution in [3.63, 3.8) is 0 Å². The molecule has 2 amide bonds. The van der Waals surface area contributed by atoms with Crippen LogP contribution in [-0.2, 0) is 17.8 Å². The van der Waals surface area contributed by atoms with E-state index >= 15 is 0 Å². The van der Waals surface area contributed by atoms with Gasteiger partial charge in [-0.25, -0.2) is 4.98 Å². The lowest BCUT2D eigenvalue weighted by Crippen LogP contribution is -2.55. The predicted octanol–water partition coefficient (Wildman–Crippen LogP) is 3.11. The van der Waals surface area contributed by atoms with E-state index in [-0.39, 0.29) is 23.4 Å². The Morgan fingerprint density at radius 2 is 1.57 bits per heavy atom. The first kappa shape index (κ1) is 35.5. The van der Waals surface area contributed by atoms with Crippen LogP contribution in [0.3, 0.4) is 0 Å². The van der Waals surface area contributed by atoms with Crippen LogP contribution in [0, 0.1) is 11.8 Å². The van der Waals surface area contributed by atoms with Crippen molar-refractivity contribution in [2.45, 2.75) is 70.9 Å². The lowest BCUT2D eigenvalue weighted by atomic mass is 9.83. The smallest absolute Gasteiger partial charge is 0.272 e. The van der Waals surface area contributed by atoms with E-state index in [1.54, 1.807) is 0 Å². The van der Waals surface area contributed by atoms with Crippen molar-refractivity contribution in [3.05, 3.63) is 63.8 Å². The maximum absolute atomic E-state index is 13.4. The van der Waals surface area contributed by atoms with E-state index in [1.807, 2.05) is 53.4 Å². The van der Waals surface area contributed by atoms with E-state index in [2.05, 4.69) is 29.7 Å². The van der Waals surface area contributed by atoms with Crippen molar-refractivity contribution in [1.82, 2.24) is 34.6 Å². The van der Waals surface area contributed by atoms with Crippen LogP contribution in [0.1, 0.15) is 73.5 Å². The number of amides is 2. The van der Waals surface area contributed by atoms with Gasteiger partial charge in [0, 0.05) is 90.3 Å². The standard InChI is InChI=1S/C39H55N9O3/c1-2-30-23-34-35(43-37(30)49)22-29(24-41-34)27-45-14-18-46(19-15-45)32-8-9-33(42-25-32)38(50)47-12-10-28(11-13-47)26-44-16-20-48(21-17-44)39(51)36(40)31-6-4-3-5-7-31/h8-9,22-25,28,31,36H,2-7,10-21,26-27,40H2,1H3,(H,43,49)/t36-/m1/s1. The summed E-state index contributed by atoms with van der Waals surface area (Å²) in [6, 6.07) is 7.50. The molecule has 6 heterocycles. The molecule has 3 aromatic heterocycles. The zero-order chi connectivity index (χ0) is 35.3. The number of likely N-dealkylation sites (tertiary alicyclic amines) is 1. The number of nitrogens with one attached hydrogen (secondary N) is 1. The van der Waals surface area contributed by atoms with Crippen molar-refractivity contribution in [1.29, 1.82) is 0 Å². The minimum absolute atomic E-state index is 0.0162. The Balaban J connectivity index is 0.822. The van der Waals surface area contributed by atoms with Crippen LogP contribution in [0.15, 0.2) is 41.5 Å². The van der Waals surface area contributed by atoms with Crippen molar-refractivity contribution in [3.8, 4) is 0 Å². The Hall–Kier alpha value is -3.87. The second kappa shape index (κ2) is 16.2. The van der Waals surface area contributed by atoms with Gasteiger partial charge in [-0.1, -0.05) is 26.2 Å². The zero-order valence-electron chi connectivity index (χ0n) is 30.3. The highest BCUT2D eigenvalue weighted by atomic mass is 16.2.